The molecule has 0 aliphatic heterocycles. The van der Waals surface area contributed by atoms with Crippen molar-refractivity contribution < 1.29 is 27.9 Å². The third kappa shape index (κ3) is 4.44. The van der Waals surface area contributed by atoms with Gasteiger partial charge in [0.05, 0.1) is 4.90 Å². The number of carbonyl (C=O) groups is 2. The second kappa shape index (κ2) is 7.34. The van der Waals surface area contributed by atoms with E-state index in [9.17, 15) is 18.0 Å². The normalized spacial score (nSPS) is 12.6. The van der Waals surface area contributed by atoms with Crippen LogP contribution in [0.25, 0.3) is 0 Å². The highest BCUT2D eigenvalue weighted by Crippen LogP contribution is 2.28. The van der Waals surface area contributed by atoms with Crippen LogP contribution in [0.5, 0.6) is 5.75 Å². The molecule has 1 aromatic heterocycles. The number of sulfonamides is 1. The average Bonchev–Trinajstić information content (AvgIpc) is 2.88. The third-order valence-electron chi connectivity index (χ3n) is 3.42. The predicted molar refractivity (Wildman–Crippen MR) is 92.6 cm³/mol. The van der Waals surface area contributed by atoms with Gasteiger partial charge in [-0.25, -0.2) is 18.0 Å². The lowest BCUT2D eigenvalue weighted by molar-refractivity contribution is -0.135. The Balaban J connectivity index is 2.10. The number of benzene rings is 1. The van der Waals surface area contributed by atoms with E-state index in [0.29, 0.717) is 5.56 Å². The highest BCUT2D eigenvalue weighted by molar-refractivity contribution is 7.89. The van der Waals surface area contributed by atoms with Crippen molar-refractivity contribution in [2.45, 2.75) is 31.7 Å². The Bertz CT molecular complexity index is 899. The molecule has 0 radical (unpaired) electrons. The number of nitrogens with one attached hydrogen (secondary N) is 1. The van der Waals surface area contributed by atoms with Gasteiger partial charge in [-0.3, -0.25) is 0 Å². The average molecular weight is 383 g/mol. The Morgan fingerprint density at radius 2 is 1.80 bits per heavy atom. The maximum absolute atomic E-state index is 12.3. The van der Waals surface area contributed by atoms with Crippen LogP contribution in [-0.2, 0) is 14.8 Å². The number of thiophene rings is 1. The zero-order valence-electron chi connectivity index (χ0n) is 13.8. The van der Waals surface area contributed by atoms with Crippen molar-refractivity contribution in [3.63, 3.8) is 0 Å². The van der Waals surface area contributed by atoms with E-state index < -0.39 is 28.0 Å². The topological polar surface area (TPSA) is 110 Å². The summed E-state index contributed by atoms with van der Waals surface area (Å²) >= 11 is 0.934. The highest BCUT2D eigenvalue weighted by Gasteiger charge is 2.25. The molecule has 0 fully saturated rings. The first-order valence-corrected chi connectivity index (χ1v) is 9.60. The number of aryl methyl sites for hydroxylation is 1. The lowest BCUT2D eigenvalue weighted by Crippen LogP contribution is -2.40. The fourth-order valence-electron chi connectivity index (χ4n) is 1.98. The van der Waals surface area contributed by atoms with Gasteiger partial charge in [-0.05, 0) is 32.9 Å². The minimum atomic E-state index is -3.87. The lowest BCUT2D eigenvalue weighted by Gasteiger charge is -2.13. The second-order valence-corrected chi connectivity index (χ2v) is 8.03. The Morgan fingerprint density at radius 3 is 2.32 bits per heavy atom. The summed E-state index contributed by atoms with van der Waals surface area (Å²) in [5.41, 5.74) is 1.23. The summed E-state index contributed by atoms with van der Waals surface area (Å²) in [6.07, 6.45) is 0. The zero-order valence-corrected chi connectivity index (χ0v) is 15.4. The van der Waals surface area contributed by atoms with Crippen molar-refractivity contribution in [3.8, 4) is 5.75 Å². The molecule has 0 aliphatic carbocycles. The summed E-state index contributed by atoms with van der Waals surface area (Å²) in [7, 11) is -3.87. The maximum atomic E-state index is 12.3. The molecule has 2 aromatic rings. The molecule has 134 valence electrons. The molecular weight excluding hydrogens is 366 g/mol. The van der Waals surface area contributed by atoms with Gasteiger partial charge in [-0.2, -0.15) is 4.72 Å². The molecule has 0 bridgehead atoms. The van der Waals surface area contributed by atoms with Crippen LogP contribution in [-0.4, -0.2) is 31.5 Å². The van der Waals surface area contributed by atoms with E-state index in [1.165, 1.54) is 31.4 Å². The number of carboxylic acid groups (broad SMARTS) is 1. The van der Waals surface area contributed by atoms with Crippen LogP contribution in [0.3, 0.4) is 0 Å². The number of hydrogen-bond acceptors (Lipinski definition) is 6. The molecule has 0 aliphatic rings. The fourth-order valence-corrected chi connectivity index (χ4v) is 4.00. The van der Waals surface area contributed by atoms with Crippen LogP contribution in [0.1, 0.15) is 27.7 Å². The zero-order chi connectivity index (χ0) is 18.8. The van der Waals surface area contributed by atoms with Crippen molar-refractivity contribution in [1.29, 1.82) is 0 Å². The summed E-state index contributed by atoms with van der Waals surface area (Å²) in [6.45, 7) is 4.70. The van der Waals surface area contributed by atoms with Crippen molar-refractivity contribution >= 4 is 33.3 Å². The molecule has 0 unspecified atom stereocenters. The van der Waals surface area contributed by atoms with E-state index in [4.69, 9.17) is 9.84 Å². The van der Waals surface area contributed by atoms with Crippen LogP contribution >= 0.6 is 11.3 Å². The minimum absolute atomic E-state index is 0.0395. The predicted octanol–water partition coefficient (Wildman–Crippen LogP) is 2.34. The van der Waals surface area contributed by atoms with Crippen LogP contribution in [0.2, 0.25) is 0 Å². The number of ether oxygens (including phenoxy) is 1. The van der Waals surface area contributed by atoms with Gasteiger partial charge in [0.25, 0.3) is 0 Å². The second-order valence-electron chi connectivity index (χ2n) is 5.44. The van der Waals surface area contributed by atoms with Gasteiger partial charge < -0.3 is 9.84 Å². The SMILES string of the molecule is Cc1ccc(S(=O)(=O)N[C@H](C)C(=O)Oc2csc(C(=O)O)c2C)cc1. The highest BCUT2D eigenvalue weighted by atomic mass is 32.2. The molecular formula is C16H17NO6S2. The smallest absolute Gasteiger partial charge is 0.346 e. The van der Waals surface area contributed by atoms with Crippen molar-refractivity contribution in [1.82, 2.24) is 4.72 Å². The van der Waals surface area contributed by atoms with Crippen LogP contribution < -0.4 is 9.46 Å². The molecule has 9 heteroatoms. The fraction of sp³-hybridized carbons (Fsp3) is 0.250. The summed E-state index contributed by atoms with van der Waals surface area (Å²) in [4.78, 5) is 23.2. The summed E-state index contributed by atoms with van der Waals surface area (Å²) < 4.78 is 31.9. The summed E-state index contributed by atoms with van der Waals surface area (Å²) in [5, 5.41) is 10.4. The van der Waals surface area contributed by atoms with Gasteiger partial charge in [0.1, 0.15) is 16.7 Å². The number of rotatable bonds is 6. The van der Waals surface area contributed by atoms with E-state index in [1.54, 1.807) is 12.1 Å². The van der Waals surface area contributed by atoms with E-state index >= 15 is 0 Å². The summed E-state index contributed by atoms with van der Waals surface area (Å²) in [5.74, 6) is -1.83. The first-order valence-electron chi connectivity index (χ1n) is 7.24. The largest absolute Gasteiger partial charge is 0.477 e. The molecule has 0 saturated heterocycles. The molecule has 25 heavy (non-hydrogen) atoms. The van der Waals surface area contributed by atoms with Crippen LogP contribution in [0, 0.1) is 13.8 Å². The quantitative estimate of drug-likeness (QED) is 0.741. The maximum Gasteiger partial charge on any atom is 0.346 e. The lowest BCUT2D eigenvalue weighted by atomic mass is 10.2. The van der Waals surface area contributed by atoms with Crippen molar-refractivity contribution in [2.75, 3.05) is 0 Å². The third-order valence-corrected chi connectivity index (χ3v) is 6.02. The van der Waals surface area contributed by atoms with Gasteiger partial charge in [-0.15, -0.1) is 11.3 Å². The number of esters is 1. The molecule has 2 N–H and O–H groups in total. The van der Waals surface area contributed by atoms with E-state index in [2.05, 4.69) is 4.72 Å². The van der Waals surface area contributed by atoms with Crippen molar-refractivity contribution in [3.05, 3.63) is 45.6 Å². The Morgan fingerprint density at radius 1 is 1.20 bits per heavy atom. The summed E-state index contributed by atoms with van der Waals surface area (Å²) in [6, 6.07) is 5.05. The van der Waals surface area contributed by atoms with Gasteiger partial charge in [0, 0.05) is 10.9 Å². The number of carbonyl (C=O) groups excluding carboxylic acids is 1. The van der Waals surface area contributed by atoms with Crippen molar-refractivity contribution in [2.24, 2.45) is 0 Å². The Hall–Kier alpha value is -2.23. The van der Waals surface area contributed by atoms with Gasteiger partial charge >= 0.3 is 11.9 Å². The number of hydrogen-bond donors (Lipinski definition) is 2. The number of carboxylic acids is 1. The van der Waals surface area contributed by atoms with E-state index in [1.807, 2.05) is 6.92 Å². The minimum Gasteiger partial charge on any atom is -0.477 e. The molecule has 1 atom stereocenters. The van der Waals surface area contributed by atoms with E-state index in [0.717, 1.165) is 16.9 Å². The first kappa shape index (κ1) is 19.1. The van der Waals surface area contributed by atoms with Gasteiger partial charge in [0.2, 0.25) is 10.0 Å². The molecule has 1 heterocycles. The molecule has 0 spiro atoms. The monoisotopic (exact) mass is 383 g/mol. The van der Waals surface area contributed by atoms with Crippen LogP contribution in [0.4, 0.5) is 0 Å². The molecule has 1 aromatic carbocycles. The van der Waals surface area contributed by atoms with Gasteiger partial charge in [-0.1, -0.05) is 17.7 Å². The molecule has 0 saturated carbocycles. The van der Waals surface area contributed by atoms with Gasteiger partial charge in [0.15, 0.2) is 0 Å². The Kier molecular flexibility index (Phi) is 5.61. The van der Waals surface area contributed by atoms with Crippen LogP contribution in [0.15, 0.2) is 34.5 Å². The molecule has 2 rings (SSSR count). The molecule has 7 nitrogen and oxygen atoms in total. The Labute approximate surface area is 149 Å². The number of aromatic carboxylic acids is 1. The first-order chi connectivity index (χ1) is 11.6. The van der Waals surface area contributed by atoms with E-state index in [-0.39, 0.29) is 15.5 Å². The standard InChI is InChI=1S/C16H17NO6S2/c1-9-4-6-12(7-5-9)25(21,22)17-11(3)16(20)23-13-8-24-14(10(13)2)15(18)19/h4-8,11,17H,1-3H3,(H,18,19)/t11-/m1/s1. The molecule has 0 amide bonds.